The second-order valence-electron chi connectivity index (χ2n) is 28.9. The number of carbonyl (C=O) groups is 5. The molecule has 4 amide bonds. The summed E-state index contributed by atoms with van der Waals surface area (Å²) in [4.78, 5) is 82.2. The maximum atomic E-state index is 13.6. The van der Waals surface area contributed by atoms with Crippen molar-refractivity contribution in [2.45, 2.75) is 124 Å². The molecule has 4 fully saturated rings. The first kappa shape index (κ1) is 81.0. The summed E-state index contributed by atoms with van der Waals surface area (Å²) in [6.07, 6.45) is 9.38. The number of amides is 4. The van der Waals surface area contributed by atoms with Gasteiger partial charge in [-0.15, -0.1) is 0 Å². The molecule has 4 aliphatic rings. The molecule has 8 heterocycles. The van der Waals surface area contributed by atoms with Gasteiger partial charge in [-0.05, 0) is 178 Å². The monoisotopic (exact) mass is 1520 g/mol. The van der Waals surface area contributed by atoms with Crippen molar-refractivity contribution in [2.75, 3.05) is 104 Å². The summed E-state index contributed by atoms with van der Waals surface area (Å²) < 4.78 is 15.0. The summed E-state index contributed by atoms with van der Waals surface area (Å²) >= 11 is 0. The van der Waals surface area contributed by atoms with Crippen LogP contribution in [0.3, 0.4) is 0 Å². The predicted octanol–water partition coefficient (Wildman–Crippen LogP) is 11.1. The van der Waals surface area contributed by atoms with Gasteiger partial charge in [0.2, 0.25) is 0 Å². The Kier molecular flexibility index (Phi) is 28.3. The van der Waals surface area contributed by atoms with E-state index in [1.54, 1.807) is 78.9 Å². The highest BCUT2D eigenvalue weighted by Crippen LogP contribution is 2.35. The number of likely N-dealkylation sites (N-methyl/N-ethyl adjacent to an activating group) is 2. The number of aromatic nitrogens is 6. The van der Waals surface area contributed by atoms with Crippen LogP contribution in [0.25, 0.3) is 44.3 Å². The molecule has 0 saturated carbocycles. The third kappa shape index (κ3) is 20.8. The lowest BCUT2D eigenvalue weighted by Crippen LogP contribution is -2.43. The van der Waals surface area contributed by atoms with Gasteiger partial charge in [-0.25, -0.2) is 19.3 Å². The van der Waals surface area contributed by atoms with Crippen molar-refractivity contribution in [3.05, 3.63) is 224 Å². The number of benzene rings is 6. The van der Waals surface area contributed by atoms with Crippen LogP contribution in [-0.2, 0) is 68.1 Å². The summed E-state index contributed by atoms with van der Waals surface area (Å²) in [7, 11) is 4.31. The van der Waals surface area contributed by atoms with Crippen molar-refractivity contribution in [3.63, 3.8) is 0 Å². The van der Waals surface area contributed by atoms with E-state index in [-0.39, 0.29) is 61.9 Å². The number of pyridine rings is 2. The zero-order chi connectivity index (χ0) is 79.2. The minimum atomic E-state index is -0.340. The predicted molar refractivity (Wildman–Crippen MR) is 439 cm³/mol. The number of nitrogens with one attached hydrogen (secondary N) is 7. The number of hydrogen-bond acceptors (Lipinski definition) is 19. The number of hydrogen-bond donors (Lipinski definition) is 7. The molecule has 4 aliphatic heterocycles. The van der Waals surface area contributed by atoms with Crippen molar-refractivity contribution in [2.24, 2.45) is 0 Å². The fraction of sp³-hybridized carbons (Fsp3) is 0.375. The van der Waals surface area contributed by atoms with Gasteiger partial charge in [0.1, 0.15) is 6.29 Å². The van der Waals surface area contributed by atoms with Crippen molar-refractivity contribution < 1.29 is 33.4 Å². The number of anilines is 2. The summed E-state index contributed by atoms with van der Waals surface area (Å²) in [6.45, 7) is 23.2. The maximum absolute atomic E-state index is 13.6. The zero-order valence-corrected chi connectivity index (χ0v) is 65.5. The van der Waals surface area contributed by atoms with Gasteiger partial charge in [0.05, 0.1) is 57.8 Å². The maximum Gasteiger partial charge on any atom is 0.251 e. The van der Waals surface area contributed by atoms with Gasteiger partial charge in [-0.1, -0.05) is 74.5 Å². The summed E-state index contributed by atoms with van der Waals surface area (Å²) in [5.74, 6) is -1.22. The molecule has 0 spiro atoms. The number of aldehydes is 1. The molecule has 6 aromatic carbocycles. The number of rotatable bonds is 25. The third-order valence-electron chi connectivity index (χ3n) is 21.2. The van der Waals surface area contributed by atoms with E-state index in [9.17, 15) is 34.5 Å². The molecule has 0 aliphatic carbocycles. The van der Waals surface area contributed by atoms with E-state index in [1.165, 1.54) is 18.7 Å². The lowest BCUT2D eigenvalue weighted by Gasteiger charge is -2.32. The number of fused-ring (bicyclic) bond motifs is 2. The first-order valence-corrected chi connectivity index (χ1v) is 39.4. The highest BCUT2D eigenvalue weighted by atomic mass is 16.5. The Labute approximate surface area is 660 Å². The highest BCUT2D eigenvalue weighted by Gasteiger charge is 2.26. The molecule has 25 heteroatoms. The first-order valence-electron chi connectivity index (χ1n) is 39.4. The van der Waals surface area contributed by atoms with Gasteiger partial charge in [0, 0.05) is 187 Å². The van der Waals surface area contributed by atoms with Gasteiger partial charge in [-0.2, -0.15) is 20.7 Å². The Morgan fingerprint density at radius 2 is 0.929 bits per heavy atom. The molecule has 0 atom stereocenters. The molecule has 4 saturated heterocycles. The van der Waals surface area contributed by atoms with Gasteiger partial charge in [0.25, 0.3) is 23.6 Å². The van der Waals surface area contributed by atoms with E-state index < -0.39 is 0 Å². The Hall–Kier alpha value is -11.6. The SMILES string of the molecule is CCc1nc2c(cnn2CC)c(NC2CCOCC2)c1CNC(=O)c1cccc(C(=O)NCc2ccc(C#N)c(-c3cccc(C=O)c3)c2)c1.CCc1nc2c(cnn2CC)c(NC2CCOCC2)c1CNC(=O)c1cccc(C(=O)NCc2ccc(C#N)c(-c3cccc(CN4CCN(C)CC4)c3)c2)c1.CN1CCNCC1. The van der Waals surface area contributed by atoms with Crippen LogP contribution in [-0.4, -0.2) is 179 Å². The van der Waals surface area contributed by atoms with Crippen LogP contribution < -0.4 is 37.2 Å². The van der Waals surface area contributed by atoms with Gasteiger partial charge in [0.15, 0.2) is 11.3 Å². The summed E-state index contributed by atoms with van der Waals surface area (Å²) in [5.41, 5.74) is 16.3. The highest BCUT2D eigenvalue weighted by molar-refractivity contribution is 6.01. The van der Waals surface area contributed by atoms with E-state index in [2.05, 4.69) is 114 Å². The van der Waals surface area contributed by atoms with Crippen molar-refractivity contribution >= 4 is 63.4 Å². The Morgan fingerprint density at radius 3 is 1.35 bits per heavy atom. The molecule has 0 bridgehead atoms. The van der Waals surface area contributed by atoms with Gasteiger partial charge < -0.3 is 56.5 Å². The molecular weight excluding hydrogens is 1420 g/mol. The van der Waals surface area contributed by atoms with Crippen molar-refractivity contribution in [1.82, 2.24) is 70.8 Å². The Balaban J connectivity index is 0.000000193. The van der Waals surface area contributed by atoms with Crippen LogP contribution in [0.2, 0.25) is 0 Å². The summed E-state index contributed by atoms with van der Waals surface area (Å²) in [6, 6.07) is 44.8. The molecule has 113 heavy (non-hydrogen) atoms. The van der Waals surface area contributed by atoms with Crippen molar-refractivity contribution in [1.29, 1.82) is 10.5 Å². The van der Waals surface area contributed by atoms with Crippen LogP contribution >= 0.6 is 0 Å². The fourth-order valence-electron chi connectivity index (χ4n) is 14.6. The molecule has 4 aromatic heterocycles. The quantitative estimate of drug-likeness (QED) is 0.0262. The van der Waals surface area contributed by atoms with Crippen LogP contribution in [0.15, 0.2) is 146 Å². The Bertz CT molecular complexity index is 5090. The molecule has 0 radical (unpaired) electrons. The lowest BCUT2D eigenvalue weighted by atomic mass is 9.96. The smallest absolute Gasteiger partial charge is 0.251 e. The molecule has 586 valence electrons. The number of aryl methyl sites for hydroxylation is 4. The van der Waals surface area contributed by atoms with Crippen LogP contribution in [0.1, 0.15) is 156 Å². The van der Waals surface area contributed by atoms with E-state index in [0.29, 0.717) is 96.9 Å². The fourth-order valence-corrected chi connectivity index (χ4v) is 14.6. The average molecular weight is 1520 g/mol. The van der Waals surface area contributed by atoms with Crippen LogP contribution in [0.5, 0.6) is 0 Å². The average Bonchev–Trinajstić information content (AvgIpc) is 1.66. The number of piperazine rings is 2. The minimum absolute atomic E-state index is 0.202. The van der Waals surface area contributed by atoms with Gasteiger partial charge >= 0.3 is 0 Å². The van der Waals surface area contributed by atoms with Crippen LogP contribution in [0.4, 0.5) is 11.4 Å². The largest absolute Gasteiger partial charge is 0.381 e. The second-order valence-corrected chi connectivity index (χ2v) is 28.9. The number of ether oxygens (including phenoxy) is 2. The number of nitrogens with zero attached hydrogens (tertiary/aromatic N) is 11. The first-order chi connectivity index (χ1) is 55.1. The molecular formula is C88H102N18O7. The zero-order valence-electron chi connectivity index (χ0n) is 65.5. The van der Waals surface area contributed by atoms with Crippen molar-refractivity contribution in [3.8, 4) is 34.4 Å². The van der Waals surface area contributed by atoms with E-state index >= 15 is 0 Å². The second kappa shape index (κ2) is 39.6. The van der Waals surface area contributed by atoms with Gasteiger partial charge in [-0.3, -0.25) is 28.9 Å². The summed E-state index contributed by atoms with van der Waals surface area (Å²) in [5, 5.41) is 53.5. The van der Waals surface area contributed by atoms with Crippen LogP contribution in [0, 0.1) is 22.7 Å². The topological polar surface area (TPSA) is 307 Å². The number of carbonyl (C=O) groups excluding carboxylic acids is 5. The lowest BCUT2D eigenvalue weighted by molar-refractivity contribution is 0.0903. The standard InChI is InChI=1S/C44H51N9O3.C39H39N7O4.C5H12N2/c1-4-40-38(41(49-36-14-20-56-21-15-36)39-28-48-53(5-2)42(39)50-40)27-47-44(55)34-11-7-10-33(24-34)43(54)46-26-30-12-13-35(25-45)37(23-30)32-9-6-8-31(22-32)29-52-18-16-51(3)17-19-52;1-3-35-33(36(44-31-13-15-50-16-14-31)34-23-43-46(4-2)37(34)45-35)22-42-39(49)29-10-6-9-28(19-29)38(48)41-21-25-11-12-30(20-40)32(18-25)27-8-5-7-26(17-27)24-47;1-7-4-2-6-3-5-7/h6-13,22-24,28,36H,4-5,14-21,26-27,29H2,1-3H3,(H,46,54)(H,47,55)(H,49,50);5-12,17-19,23-24,31H,3-4,13-16,21-22H2,1-2H3,(H,41,48)(H,42,49)(H,44,45);6H,2-5H2,1H3. The normalized spacial score (nSPS) is 15.0. The molecule has 10 aromatic rings. The van der Waals surface area contributed by atoms with E-state index in [4.69, 9.17) is 19.4 Å². The molecule has 25 nitrogen and oxygen atoms in total. The third-order valence-corrected chi connectivity index (χ3v) is 21.2. The molecule has 14 rings (SSSR count). The van der Waals surface area contributed by atoms with E-state index in [1.807, 2.05) is 78.1 Å². The molecule has 7 N–H and O–H groups in total. The number of nitriles is 2. The Morgan fingerprint density at radius 1 is 0.504 bits per heavy atom. The minimum Gasteiger partial charge on any atom is -0.381 e. The molecule has 0 unspecified atom stereocenters. The van der Waals surface area contributed by atoms with E-state index in [0.717, 1.165) is 162 Å².